The highest BCUT2D eigenvalue weighted by molar-refractivity contribution is 7.98. The zero-order valence-corrected chi connectivity index (χ0v) is 11.8. The summed E-state index contributed by atoms with van der Waals surface area (Å²) in [5.74, 6) is 5.89. The number of nitro benzene ring substituents is 1. The van der Waals surface area contributed by atoms with Crippen LogP contribution in [-0.2, 0) is 5.75 Å². The number of pyridine rings is 1. The molecule has 6 nitrogen and oxygen atoms in total. The Kier molecular flexibility index (Phi) is 4.78. The van der Waals surface area contributed by atoms with E-state index in [1.54, 1.807) is 30.5 Å². The third-order valence-electron chi connectivity index (χ3n) is 2.55. The molecule has 2 rings (SSSR count). The Labute approximate surface area is 124 Å². The molecular formula is C12H11ClN4O2S. The summed E-state index contributed by atoms with van der Waals surface area (Å²) in [5.41, 5.74) is 3.41. The number of hydrogen-bond acceptors (Lipinski definition) is 6. The summed E-state index contributed by atoms with van der Waals surface area (Å²) in [4.78, 5) is 14.6. The minimum Gasteiger partial charge on any atom is -0.318 e. The summed E-state index contributed by atoms with van der Waals surface area (Å²) in [6.45, 7) is 0. The maximum atomic E-state index is 10.9. The number of benzene rings is 1. The van der Waals surface area contributed by atoms with E-state index < -0.39 is 4.92 Å². The molecule has 0 atom stereocenters. The average Bonchev–Trinajstić information content (AvgIpc) is 2.46. The predicted octanol–water partition coefficient (Wildman–Crippen LogP) is 3.22. The van der Waals surface area contributed by atoms with Crippen molar-refractivity contribution < 1.29 is 4.92 Å². The topological polar surface area (TPSA) is 94.1 Å². The summed E-state index contributed by atoms with van der Waals surface area (Å²) in [6, 6.07) is 8.35. The van der Waals surface area contributed by atoms with E-state index in [4.69, 9.17) is 17.4 Å². The van der Waals surface area contributed by atoms with Crippen LogP contribution < -0.4 is 11.3 Å². The number of thioether (sulfide) groups is 1. The lowest BCUT2D eigenvalue weighted by Crippen LogP contribution is -2.11. The van der Waals surface area contributed by atoms with Crippen LogP contribution in [0.3, 0.4) is 0 Å². The fourth-order valence-corrected chi connectivity index (χ4v) is 2.57. The molecule has 0 unspecified atom stereocenters. The largest absolute Gasteiger partial charge is 0.318 e. The molecule has 0 fully saturated rings. The molecule has 1 heterocycles. The maximum absolute atomic E-state index is 10.9. The fraction of sp³-hybridized carbons (Fsp3) is 0.0833. The Balaban J connectivity index is 2.19. The number of rotatable bonds is 5. The zero-order valence-electron chi connectivity index (χ0n) is 10.2. The number of hydrogen-bond donors (Lipinski definition) is 2. The average molecular weight is 311 g/mol. The van der Waals surface area contributed by atoms with E-state index in [-0.39, 0.29) is 5.69 Å². The van der Waals surface area contributed by atoms with Gasteiger partial charge in [0.25, 0.3) is 5.69 Å². The molecule has 1 aromatic heterocycles. The zero-order chi connectivity index (χ0) is 14.5. The SMILES string of the molecule is NNc1c(CSc2ccc(Cl)cn2)cccc1[N+](=O)[O-]. The van der Waals surface area contributed by atoms with Crippen LogP contribution in [0.1, 0.15) is 5.56 Å². The number of anilines is 1. The van der Waals surface area contributed by atoms with Crippen molar-refractivity contribution in [1.29, 1.82) is 0 Å². The van der Waals surface area contributed by atoms with E-state index >= 15 is 0 Å². The Morgan fingerprint density at radius 1 is 1.40 bits per heavy atom. The monoisotopic (exact) mass is 310 g/mol. The van der Waals surface area contributed by atoms with Crippen molar-refractivity contribution >= 4 is 34.7 Å². The van der Waals surface area contributed by atoms with Crippen LogP contribution in [0.4, 0.5) is 11.4 Å². The summed E-state index contributed by atoms with van der Waals surface area (Å²) in [7, 11) is 0. The number of hydrazine groups is 1. The lowest BCUT2D eigenvalue weighted by atomic mass is 10.2. The molecular weight excluding hydrogens is 300 g/mol. The van der Waals surface area contributed by atoms with Gasteiger partial charge in [0.05, 0.1) is 15.0 Å². The molecule has 0 radical (unpaired) electrons. The molecule has 0 aliphatic carbocycles. The lowest BCUT2D eigenvalue weighted by molar-refractivity contribution is -0.384. The lowest BCUT2D eigenvalue weighted by Gasteiger charge is -2.08. The second-order valence-electron chi connectivity index (χ2n) is 3.82. The van der Waals surface area contributed by atoms with Gasteiger partial charge in [0, 0.05) is 18.0 Å². The minimum atomic E-state index is -0.468. The Morgan fingerprint density at radius 2 is 2.20 bits per heavy atom. The number of nitrogens with two attached hydrogens (primary N) is 1. The van der Waals surface area contributed by atoms with Gasteiger partial charge in [-0.05, 0) is 17.7 Å². The second-order valence-corrected chi connectivity index (χ2v) is 5.25. The quantitative estimate of drug-likeness (QED) is 0.381. The Hall–Kier alpha value is -1.83. The molecule has 0 aliphatic rings. The highest BCUT2D eigenvalue weighted by Crippen LogP contribution is 2.31. The van der Waals surface area contributed by atoms with Crippen molar-refractivity contribution in [3.63, 3.8) is 0 Å². The molecule has 8 heteroatoms. The van der Waals surface area contributed by atoms with Crippen LogP contribution in [-0.4, -0.2) is 9.91 Å². The van der Waals surface area contributed by atoms with Gasteiger partial charge in [-0.2, -0.15) is 0 Å². The third kappa shape index (κ3) is 3.38. The first kappa shape index (κ1) is 14.6. The molecule has 0 aliphatic heterocycles. The van der Waals surface area contributed by atoms with Crippen molar-refractivity contribution in [3.05, 3.63) is 57.2 Å². The van der Waals surface area contributed by atoms with Crippen molar-refractivity contribution in [1.82, 2.24) is 4.98 Å². The van der Waals surface area contributed by atoms with Gasteiger partial charge in [-0.1, -0.05) is 23.7 Å². The van der Waals surface area contributed by atoms with Gasteiger partial charge in [0.15, 0.2) is 0 Å². The van der Waals surface area contributed by atoms with Gasteiger partial charge < -0.3 is 5.43 Å². The summed E-state index contributed by atoms with van der Waals surface area (Å²) >= 11 is 7.20. The Bertz CT molecular complexity index is 621. The van der Waals surface area contributed by atoms with Crippen LogP contribution in [0, 0.1) is 10.1 Å². The van der Waals surface area contributed by atoms with E-state index in [2.05, 4.69) is 10.4 Å². The molecule has 3 N–H and O–H groups in total. The molecule has 0 saturated carbocycles. The fourth-order valence-electron chi connectivity index (χ4n) is 1.62. The number of nitrogens with zero attached hydrogens (tertiary/aromatic N) is 2. The number of nitrogen functional groups attached to an aromatic ring is 1. The molecule has 20 heavy (non-hydrogen) atoms. The predicted molar refractivity (Wildman–Crippen MR) is 79.7 cm³/mol. The van der Waals surface area contributed by atoms with E-state index in [9.17, 15) is 10.1 Å². The van der Waals surface area contributed by atoms with E-state index in [1.165, 1.54) is 17.8 Å². The first-order valence-electron chi connectivity index (χ1n) is 5.59. The number of aromatic nitrogens is 1. The van der Waals surface area contributed by atoms with Crippen LogP contribution >= 0.6 is 23.4 Å². The van der Waals surface area contributed by atoms with Crippen LogP contribution in [0.2, 0.25) is 5.02 Å². The van der Waals surface area contributed by atoms with Gasteiger partial charge >= 0.3 is 0 Å². The number of nitrogens with one attached hydrogen (secondary N) is 1. The maximum Gasteiger partial charge on any atom is 0.293 e. The first-order valence-corrected chi connectivity index (χ1v) is 6.95. The van der Waals surface area contributed by atoms with Crippen molar-refractivity contribution in [2.45, 2.75) is 10.8 Å². The van der Waals surface area contributed by atoms with E-state index in [0.29, 0.717) is 16.5 Å². The molecule has 0 saturated heterocycles. The number of halogens is 1. The summed E-state index contributed by atoms with van der Waals surface area (Å²) in [6.07, 6.45) is 1.55. The molecule has 0 spiro atoms. The standard InChI is InChI=1S/C12H11ClN4O2S/c13-9-4-5-11(15-6-9)20-7-8-2-1-3-10(17(18)19)12(8)16-14/h1-6,16H,7,14H2. The van der Waals surface area contributed by atoms with E-state index in [0.717, 1.165) is 10.6 Å². The molecule has 0 amide bonds. The highest BCUT2D eigenvalue weighted by Gasteiger charge is 2.16. The van der Waals surface area contributed by atoms with E-state index in [1.807, 2.05) is 0 Å². The van der Waals surface area contributed by atoms with Gasteiger partial charge in [-0.3, -0.25) is 16.0 Å². The normalized spacial score (nSPS) is 10.3. The molecule has 0 bridgehead atoms. The van der Waals surface area contributed by atoms with Crippen molar-refractivity contribution in [2.75, 3.05) is 5.43 Å². The molecule has 1 aromatic carbocycles. The minimum absolute atomic E-state index is 0.0466. The summed E-state index contributed by atoms with van der Waals surface area (Å²) in [5, 5.41) is 12.3. The number of para-hydroxylation sites is 1. The van der Waals surface area contributed by atoms with Gasteiger partial charge in [-0.25, -0.2) is 4.98 Å². The third-order valence-corrected chi connectivity index (χ3v) is 3.76. The van der Waals surface area contributed by atoms with Crippen molar-refractivity contribution in [3.8, 4) is 0 Å². The molecule has 2 aromatic rings. The highest BCUT2D eigenvalue weighted by atomic mass is 35.5. The van der Waals surface area contributed by atoms with Gasteiger partial charge in [0.1, 0.15) is 5.69 Å². The molecule has 104 valence electrons. The Morgan fingerprint density at radius 3 is 2.80 bits per heavy atom. The van der Waals surface area contributed by atoms with Crippen molar-refractivity contribution in [2.24, 2.45) is 5.84 Å². The first-order chi connectivity index (χ1) is 9.61. The van der Waals surface area contributed by atoms with Gasteiger partial charge in [-0.15, -0.1) is 11.8 Å². The summed E-state index contributed by atoms with van der Waals surface area (Å²) < 4.78 is 0. The van der Waals surface area contributed by atoms with Gasteiger partial charge in [0.2, 0.25) is 0 Å². The smallest absolute Gasteiger partial charge is 0.293 e. The van der Waals surface area contributed by atoms with Crippen LogP contribution in [0.15, 0.2) is 41.6 Å². The number of nitro groups is 1. The second kappa shape index (κ2) is 6.56. The van der Waals surface area contributed by atoms with Crippen LogP contribution in [0.25, 0.3) is 0 Å². The van der Waals surface area contributed by atoms with Crippen LogP contribution in [0.5, 0.6) is 0 Å².